The molecule has 0 amide bonds. The van der Waals surface area contributed by atoms with Gasteiger partial charge in [-0.05, 0) is 38.0 Å². The summed E-state index contributed by atoms with van der Waals surface area (Å²) < 4.78 is 0. The summed E-state index contributed by atoms with van der Waals surface area (Å²) >= 11 is 0. The van der Waals surface area contributed by atoms with Crippen LogP contribution >= 0.6 is 0 Å². The van der Waals surface area contributed by atoms with Gasteiger partial charge in [0.1, 0.15) is 5.78 Å². The number of allylic oxidation sites excluding steroid dienone is 1. The van der Waals surface area contributed by atoms with E-state index >= 15 is 0 Å². The van der Waals surface area contributed by atoms with Gasteiger partial charge in [-0.25, -0.2) is 0 Å². The highest BCUT2D eigenvalue weighted by Crippen LogP contribution is 2.54. The van der Waals surface area contributed by atoms with Crippen molar-refractivity contribution in [1.29, 1.82) is 0 Å². The minimum absolute atomic E-state index is 0.394. The second-order valence-electron chi connectivity index (χ2n) is 4.52. The van der Waals surface area contributed by atoms with Gasteiger partial charge < -0.3 is 0 Å². The zero-order chi connectivity index (χ0) is 8.72. The third kappa shape index (κ3) is 1.45. The molecular formula is C11H16O. The van der Waals surface area contributed by atoms with Crippen LogP contribution in [0.5, 0.6) is 0 Å². The van der Waals surface area contributed by atoms with Gasteiger partial charge in [-0.1, -0.05) is 12.2 Å². The molecular weight excluding hydrogens is 148 g/mol. The smallest absolute Gasteiger partial charge is 0.139 e. The fourth-order valence-corrected chi connectivity index (χ4v) is 2.42. The van der Waals surface area contributed by atoms with Crippen LogP contribution < -0.4 is 0 Å². The van der Waals surface area contributed by atoms with Gasteiger partial charge in [0.25, 0.3) is 0 Å². The second-order valence-corrected chi connectivity index (χ2v) is 4.52. The van der Waals surface area contributed by atoms with Crippen LogP contribution in [-0.4, -0.2) is 5.78 Å². The Morgan fingerprint density at radius 3 is 2.42 bits per heavy atom. The Kier molecular flexibility index (Phi) is 1.82. The van der Waals surface area contributed by atoms with Gasteiger partial charge in [-0.15, -0.1) is 0 Å². The molecule has 2 fully saturated rings. The molecule has 1 nitrogen and oxygen atoms in total. The fourth-order valence-electron chi connectivity index (χ4n) is 2.42. The lowest BCUT2D eigenvalue weighted by Crippen LogP contribution is -2.12. The lowest BCUT2D eigenvalue weighted by molar-refractivity contribution is -0.122. The van der Waals surface area contributed by atoms with Crippen LogP contribution in [-0.2, 0) is 4.79 Å². The predicted octanol–water partition coefficient (Wildman–Crippen LogP) is 2.57. The molecule has 2 aliphatic rings. The van der Waals surface area contributed by atoms with Crippen LogP contribution in [0.25, 0.3) is 0 Å². The van der Waals surface area contributed by atoms with Crippen molar-refractivity contribution in [2.45, 2.75) is 32.6 Å². The van der Waals surface area contributed by atoms with Crippen molar-refractivity contribution in [3.63, 3.8) is 0 Å². The number of carbonyl (C=O) groups excluding carboxylic acids is 1. The number of fused-ring (bicyclic) bond motifs is 1. The van der Waals surface area contributed by atoms with Gasteiger partial charge in [0.15, 0.2) is 0 Å². The van der Waals surface area contributed by atoms with Crippen molar-refractivity contribution in [2.75, 3.05) is 0 Å². The maximum absolute atomic E-state index is 11.6. The minimum Gasteiger partial charge on any atom is -0.299 e. The first-order chi connectivity index (χ1) is 5.66. The molecule has 2 unspecified atom stereocenters. The van der Waals surface area contributed by atoms with Crippen LogP contribution in [0.2, 0.25) is 0 Å². The third-order valence-electron chi connectivity index (χ3n) is 3.17. The molecule has 12 heavy (non-hydrogen) atoms. The first-order valence-corrected chi connectivity index (χ1v) is 4.84. The summed E-state index contributed by atoms with van der Waals surface area (Å²) in [5, 5.41) is 0. The highest BCUT2D eigenvalue weighted by Gasteiger charge is 2.47. The summed E-state index contributed by atoms with van der Waals surface area (Å²) in [7, 11) is 0. The van der Waals surface area contributed by atoms with Gasteiger partial charge >= 0.3 is 0 Å². The normalized spacial score (nSPS) is 37.6. The molecule has 0 heterocycles. The molecule has 1 heteroatoms. The standard InChI is InChI=1S/C11H16O/c1-7(2)3-11(12)10-5-8-4-9(8)6-10/h8-10H,1,3-6H2,2H3. The summed E-state index contributed by atoms with van der Waals surface area (Å²) in [6, 6.07) is 0. The van der Waals surface area contributed by atoms with Crippen LogP contribution in [0.15, 0.2) is 12.2 Å². The molecule has 0 radical (unpaired) electrons. The Bertz CT molecular complexity index is 219. The van der Waals surface area contributed by atoms with Gasteiger partial charge in [-0.2, -0.15) is 0 Å². The van der Waals surface area contributed by atoms with E-state index in [0.717, 1.165) is 17.4 Å². The van der Waals surface area contributed by atoms with E-state index in [2.05, 4.69) is 6.58 Å². The molecule has 0 saturated heterocycles. The molecule has 2 rings (SSSR count). The highest BCUT2D eigenvalue weighted by atomic mass is 16.1. The minimum atomic E-state index is 0.394. The largest absolute Gasteiger partial charge is 0.299 e. The Labute approximate surface area is 73.8 Å². The Morgan fingerprint density at radius 2 is 1.92 bits per heavy atom. The lowest BCUT2D eigenvalue weighted by atomic mass is 9.94. The van der Waals surface area contributed by atoms with E-state index < -0.39 is 0 Å². The van der Waals surface area contributed by atoms with E-state index in [1.165, 1.54) is 19.3 Å². The number of hydrogen-bond donors (Lipinski definition) is 0. The summed E-state index contributed by atoms with van der Waals surface area (Å²) in [5.41, 5.74) is 1.01. The quantitative estimate of drug-likeness (QED) is 0.586. The van der Waals surface area contributed by atoms with Crippen molar-refractivity contribution in [3.05, 3.63) is 12.2 Å². The number of rotatable bonds is 3. The van der Waals surface area contributed by atoms with Gasteiger partial charge in [0.2, 0.25) is 0 Å². The topological polar surface area (TPSA) is 17.1 Å². The number of carbonyl (C=O) groups is 1. The lowest BCUT2D eigenvalue weighted by Gasteiger charge is -2.09. The van der Waals surface area contributed by atoms with Crippen molar-refractivity contribution >= 4 is 5.78 Å². The number of hydrogen-bond acceptors (Lipinski definition) is 1. The SMILES string of the molecule is C=C(C)CC(=O)C1CC2CC2C1. The summed E-state index contributed by atoms with van der Waals surface area (Å²) in [6.45, 7) is 5.71. The molecule has 0 aromatic heterocycles. The zero-order valence-corrected chi connectivity index (χ0v) is 7.68. The van der Waals surface area contributed by atoms with E-state index in [4.69, 9.17) is 0 Å². The van der Waals surface area contributed by atoms with Crippen LogP contribution in [0.1, 0.15) is 32.6 Å². The molecule has 0 aromatic carbocycles. The average molecular weight is 164 g/mol. The molecule has 0 N–H and O–H groups in total. The van der Waals surface area contributed by atoms with Gasteiger partial charge in [-0.3, -0.25) is 4.79 Å². The molecule has 0 aliphatic heterocycles. The molecule has 2 aliphatic carbocycles. The second kappa shape index (κ2) is 2.72. The Morgan fingerprint density at radius 1 is 1.33 bits per heavy atom. The molecule has 0 bridgehead atoms. The van der Waals surface area contributed by atoms with Crippen molar-refractivity contribution in [3.8, 4) is 0 Å². The molecule has 2 saturated carbocycles. The average Bonchev–Trinajstić information content (AvgIpc) is 2.57. The van der Waals surface area contributed by atoms with Crippen LogP contribution in [0, 0.1) is 17.8 Å². The third-order valence-corrected chi connectivity index (χ3v) is 3.17. The predicted molar refractivity (Wildman–Crippen MR) is 48.8 cm³/mol. The van der Waals surface area contributed by atoms with Crippen molar-refractivity contribution in [1.82, 2.24) is 0 Å². The van der Waals surface area contributed by atoms with Crippen LogP contribution in [0.4, 0.5) is 0 Å². The highest BCUT2D eigenvalue weighted by molar-refractivity contribution is 5.83. The van der Waals surface area contributed by atoms with Gasteiger partial charge in [0, 0.05) is 12.3 Å². The monoisotopic (exact) mass is 164 g/mol. The summed E-state index contributed by atoms with van der Waals surface area (Å²) in [4.78, 5) is 11.6. The molecule has 2 atom stereocenters. The molecule has 0 spiro atoms. The summed E-state index contributed by atoms with van der Waals surface area (Å²) in [5.74, 6) is 2.67. The molecule has 0 aromatic rings. The fraction of sp³-hybridized carbons (Fsp3) is 0.727. The number of ketones is 1. The number of Topliss-reactive ketones (excluding diaryl/α,β-unsaturated/α-hetero) is 1. The Balaban J connectivity index is 1.84. The first-order valence-electron chi connectivity index (χ1n) is 4.84. The first kappa shape index (κ1) is 8.03. The van der Waals surface area contributed by atoms with E-state index in [9.17, 15) is 4.79 Å². The van der Waals surface area contributed by atoms with E-state index in [0.29, 0.717) is 18.1 Å². The zero-order valence-electron chi connectivity index (χ0n) is 7.68. The van der Waals surface area contributed by atoms with Crippen molar-refractivity contribution < 1.29 is 4.79 Å². The summed E-state index contributed by atoms with van der Waals surface area (Å²) in [6.07, 6.45) is 4.37. The maximum Gasteiger partial charge on any atom is 0.139 e. The van der Waals surface area contributed by atoms with E-state index in [1.54, 1.807) is 0 Å². The Hall–Kier alpha value is -0.590. The van der Waals surface area contributed by atoms with Gasteiger partial charge in [0.05, 0.1) is 0 Å². The van der Waals surface area contributed by atoms with E-state index in [-0.39, 0.29) is 0 Å². The van der Waals surface area contributed by atoms with E-state index in [1.807, 2.05) is 6.92 Å². The molecule has 66 valence electrons. The maximum atomic E-state index is 11.6. The van der Waals surface area contributed by atoms with Crippen LogP contribution in [0.3, 0.4) is 0 Å². The van der Waals surface area contributed by atoms with Crippen molar-refractivity contribution in [2.24, 2.45) is 17.8 Å².